The number of nitrogens with zero attached hydrogens (tertiary/aromatic N) is 1. The topological polar surface area (TPSA) is 78.9 Å². The largest absolute Gasteiger partial charge is 0.396 e. The van der Waals surface area contributed by atoms with Gasteiger partial charge in [-0.05, 0) is 61.8 Å². The Morgan fingerprint density at radius 1 is 1.14 bits per heavy atom. The SMILES string of the molecule is N#Cc1c(NCc2ccccc2)sc(C(=O)C23CC4CC(CC(C4)C2)C3)c1N. The number of nitrogens with one attached hydrogen (secondary N) is 1. The molecule has 0 atom stereocenters. The minimum absolute atomic E-state index is 0.207. The Labute approximate surface area is 169 Å². The van der Waals surface area contributed by atoms with Crippen LogP contribution in [0, 0.1) is 34.5 Å². The summed E-state index contributed by atoms with van der Waals surface area (Å²) >= 11 is 1.38. The van der Waals surface area contributed by atoms with Gasteiger partial charge in [-0.2, -0.15) is 5.26 Å². The normalized spacial score (nSPS) is 30.2. The zero-order valence-corrected chi connectivity index (χ0v) is 16.7. The second-order valence-electron chi connectivity index (χ2n) is 9.03. The molecule has 4 saturated carbocycles. The highest BCUT2D eigenvalue weighted by Crippen LogP contribution is 2.61. The lowest BCUT2D eigenvalue weighted by Gasteiger charge is -2.55. The van der Waals surface area contributed by atoms with Gasteiger partial charge in [-0.15, -0.1) is 11.3 Å². The predicted octanol–water partition coefficient (Wildman–Crippen LogP) is 5.21. The Morgan fingerprint density at radius 3 is 2.32 bits per heavy atom. The van der Waals surface area contributed by atoms with Gasteiger partial charge in [0.1, 0.15) is 16.6 Å². The molecule has 1 heterocycles. The predicted molar refractivity (Wildman–Crippen MR) is 112 cm³/mol. The molecule has 4 fully saturated rings. The number of carbonyl (C=O) groups excluding carboxylic acids is 1. The van der Waals surface area contributed by atoms with Gasteiger partial charge in [0.25, 0.3) is 0 Å². The molecule has 0 radical (unpaired) electrons. The molecule has 5 heteroatoms. The van der Waals surface area contributed by atoms with Gasteiger partial charge in [0.05, 0.1) is 10.6 Å². The van der Waals surface area contributed by atoms with E-state index in [1.54, 1.807) is 0 Å². The second kappa shape index (κ2) is 6.63. The van der Waals surface area contributed by atoms with Gasteiger partial charge < -0.3 is 11.1 Å². The van der Waals surface area contributed by atoms with Gasteiger partial charge in [-0.1, -0.05) is 30.3 Å². The van der Waals surface area contributed by atoms with Crippen LogP contribution >= 0.6 is 11.3 Å². The number of anilines is 2. The minimum atomic E-state index is -0.225. The second-order valence-corrected chi connectivity index (χ2v) is 10.0. The van der Waals surface area contributed by atoms with Gasteiger partial charge in [0.15, 0.2) is 5.78 Å². The molecule has 0 amide bonds. The van der Waals surface area contributed by atoms with Crippen molar-refractivity contribution in [3.8, 4) is 6.07 Å². The van der Waals surface area contributed by atoms with Gasteiger partial charge >= 0.3 is 0 Å². The Kier molecular flexibility index (Phi) is 4.21. The maximum Gasteiger partial charge on any atom is 0.181 e. The summed E-state index contributed by atoms with van der Waals surface area (Å²) in [5.41, 5.74) is 8.04. The Morgan fingerprint density at radius 2 is 1.75 bits per heavy atom. The van der Waals surface area contributed by atoms with E-state index in [0.29, 0.717) is 40.4 Å². The average Bonchev–Trinajstić information content (AvgIpc) is 3.01. The summed E-state index contributed by atoms with van der Waals surface area (Å²) in [7, 11) is 0. The van der Waals surface area contributed by atoms with Crippen LogP contribution in [0.15, 0.2) is 30.3 Å². The number of nitriles is 1. The van der Waals surface area contributed by atoms with Crippen LogP contribution in [0.5, 0.6) is 0 Å². The molecule has 0 saturated heterocycles. The van der Waals surface area contributed by atoms with Crippen molar-refractivity contribution in [3.05, 3.63) is 46.3 Å². The third-order valence-electron chi connectivity index (χ3n) is 7.08. The van der Waals surface area contributed by atoms with Crippen LogP contribution in [0.1, 0.15) is 59.3 Å². The number of ketones is 1. The van der Waals surface area contributed by atoms with Crippen LogP contribution < -0.4 is 11.1 Å². The van der Waals surface area contributed by atoms with Crippen LogP contribution in [0.25, 0.3) is 0 Å². The van der Waals surface area contributed by atoms with Crippen LogP contribution in [-0.4, -0.2) is 5.78 Å². The van der Waals surface area contributed by atoms with Crippen molar-refractivity contribution in [1.29, 1.82) is 5.26 Å². The Bertz CT molecular complexity index is 921. The number of nitrogen functional groups attached to an aromatic ring is 1. The quantitative estimate of drug-likeness (QED) is 0.686. The van der Waals surface area contributed by atoms with Crippen molar-refractivity contribution < 1.29 is 4.79 Å². The number of hydrogen-bond donors (Lipinski definition) is 2. The lowest BCUT2D eigenvalue weighted by molar-refractivity contribution is -0.0350. The van der Waals surface area contributed by atoms with Gasteiger partial charge in [-0.25, -0.2) is 0 Å². The van der Waals surface area contributed by atoms with Crippen molar-refractivity contribution in [3.63, 3.8) is 0 Å². The maximum absolute atomic E-state index is 13.7. The summed E-state index contributed by atoms with van der Waals surface area (Å²) in [6, 6.07) is 12.3. The van der Waals surface area contributed by atoms with Crippen molar-refractivity contribution >= 4 is 27.8 Å². The first-order valence-electron chi connectivity index (χ1n) is 10.2. The van der Waals surface area contributed by atoms with Gasteiger partial charge in [0.2, 0.25) is 0 Å². The lowest BCUT2D eigenvalue weighted by atomic mass is 9.48. The first-order chi connectivity index (χ1) is 13.6. The van der Waals surface area contributed by atoms with Gasteiger partial charge in [0, 0.05) is 12.0 Å². The number of hydrogen-bond acceptors (Lipinski definition) is 5. The number of carbonyl (C=O) groups is 1. The lowest BCUT2D eigenvalue weighted by Crippen LogP contribution is -2.49. The molecule has 4 nitrogen and oxygen atoms in total. The zero-order valence-electron chi connectivity index (χ0n) is 15.9. The van der Waals surface area contributed by atoms with Crippen LogP contribution in [0.2, 0.25) is 0 Å². The van der Waals surface area contributed by atoms with Crippen molar-refractivity contribution in [2.24, 2.45) is 23.2 Å². The van der Waals surface area contributed by atoms with Crippen LogP contribution in [0.3, 0.4) is 0 Å². The number of Topliss-reactive ketones (excluding diaryl/α,β-unsaturated/α-hetero) is 1. The standard InChI is InChI=1S/C23H25N3OS/c24-12-18-19(25)20(28-22(18)26-13-14-4-2-1-3-5-14)21(27)23-9-15-6-16(10-23)8-17(7-15)11-23/h1-5,15-17,26H,6-11,13,25H2. The summed E-state index contributed by atoms with van der Waals surface area (Å²) in [5.74, 6) is 2.34. The highest BCUT2D eigenvalue weighted by atomic mass is 32.1. The highest BCUT2D eigenvalue weighted by molar-refractivity contribution is 7.19. The molecule has 4 aliphatic carbocycles. The summed E-state index contributed by atoms with van der Waals surface area (Å²) in [4.78, 5) is 14.3. The molecule has 4 aliphatic rings. The molecule has 6 rings (SSSR count). The number of rotatable bonds is 5. The van der Waals surface area contributed by atoms with Crippen molar-refractivity contribution in [2.45, 2.75) is 45.1 Å². The monoisotopic (exact) mass is 391 g/mol. The zero-order chi connectivity index (χ0) is 19.3. The molecular formula is C23H25N3OS. The van der Waals surface area contributed by atoms with E-state index in [9.17, 15) is 10.1 Å². The number of benzene rings is 1. The molecule has 144 valence electrons. The van der Waals surface area contributed by atoms with Crippen LogP contribution in [-0.2, 0) is 6.54 Å². The van der Waals surface area contributed by atoms with E-state index in [0.717, 1.165) is 29.8 Å². The molecule has 0 spiro atoms. The number of nitrogens with two attached hydrogens (primary N) is 1. The van der Waals surface area contributed by atoms with E-state index >= 15 is 0 Å². The molecule has 4 bridgehead atoms. The summed E-state index contributed by atoms with van der Waals surface area (Å²) in [5, 5.41) is 13.7. The van der Waals surface area contributed by atoms with E-state index in [1.165, 1.54) is 30.6 Å². The van der Waals surface area contributed by atoms with E-state index < -0.39 is 0 Å². The average molecular weight is 392 g/mol. The van der Waals surface area contributed by atoms with Crippen molar-refractivity contribution in [2.75, 3.05) is 11.1 Å². The number of thiophene rings is 1. The van der Waals surface area contributed by atoms with Crippen LogP contribution in [0.4, 0.5) is 10.7 Å². The van der Waals surface area contributed by atoms with E-state index in [-0.39, 0.29) is 11.2 Å². The Balaban J connectivity index is 1.43. The van der Waals surface area contributed by atoms with Gasteiger partial charge in [-0.3, -0.25) is 4.79 Å². The molecule has 3 N–H and O–H groups in total. The summed E-state index contributed by atoms with van der Waals surface area (Å²) in [6.45, 7) is 0.612. The van der Waals surface area contributed by atoms with E-state index in [2.05, 4.69) is 11.4 Å². The molecule has 0 unspecified atom stereocenters. The fourth-order valence-electron chi connectivity index (χ4n) is 6.26. The summed E-state index contributed by atoms with van der Waals surface area (Å²) in [6.07, 6.45) is 6.97. The fourth-order valence-corrected chi connectivity index (χ4v) is 7.38. The Hall–Kier alpha value is -2.32. The van der Waals surface area contributed by atoms with E-state index in [4.69, 9.17) is 5.73 Å². The third-order valence-corrected chi connectivity index (χ3v) is 8.24. The first-order valence-corrected chi connectivity index (χ1v) is 11.0. The molecular weight excluding hydrogens is 366 g/mol. The molecule has 28 heavy (non-hydrogen) atoms. The molecule has 0 aliphatic heterocycles. The smallest absolute Gasteiger partial charge is 0.181 e. The fraction of sp³-hybridized carbons (Fsp3) is 0.478. The molecule has 1 aromatic carbocycles. The van der Waals surface area contributed by atoms with Crippen molar-refractivity contribution in [1.82, 2.24) is 0 Å². The summed E-state index contributed by atoms with van der Waals surface area (Å²) < 4.78 is 0. The third kappa shape index (κ3) is 2.82. The maximum atomic E-state index is 13.7. The first kappa shape index (κ1) is 17.8. The highest BCUT2D eigenvalue weighted by Gasteiger charge is 2.55. The minimum Gasteiger partial charge on any atom is -0.396 e. The molecule has 2 aromatic rings. The van der Waals surface area contributed by atoms with E-state index in [1.807, 2.05) is 30.3 Å². The molecule has 1 aromatic heterocycles.